The quantitative estimate of drug-likeness (QED) is 0.558. The summed E-state index contributed by atoms with van der Waals surface area (Å²) >= 11 is 5.75. The third kappa shape index (κ3) is 5.18. The van der Waals surface area contributed by atoms with Crippen LogP contribution in [0.1, 0.15) is 35.6 Å². The van der Waals surface area contributed by atoms with Gasteiger partial charge in [-0.1, -0.05) is 11.6 Å². The number of halogens is 6. The molecular formula is C15H17ClF5N5O. The fraction of sp³-hybridized carbons (Fsp3) is 0.533. The summed E-state index contributed by atoms with van der Waals surface area (Å²) in [5.74, 6) is -0.480. The SMILES string of the molecule is Cc1cc(C(F)(F)F)nn1CCCNC(=O)Cn1nc(C(F)F)c(Cl)c1C. The molecule has 0 atom stereocenters. The van der Waals surface area contributed by atoms with Gasteiger partial charge in [0.25, 0.3) is 6.43 Å². The fourth-order valence-corrected chi connectivity index (χ4v) is 2.58. The summed E-state index contributed by atoms with van der Waals surface area (Å²) < 4.78 is 65.6. The van der Waals surface area contributed by atoms with Crippen LogP contribution in [0.25, 0.3) is 0 Å². The number of amides is 1. The monoisotopic (exact) mass is 413 g/mol. The molecule has 2 aromatic rings. The second kappa shape index (κ2) is 8.24. The van der Waals surface area contributed by atoms with E-state index in [9.17, 15) is 26.7 Å². The van der Waals surface area contributed by atoms with Crippen LogP contribution in [0.2, 0.25) is 5.02 Å². The molecule has 0 saturated carbocycles. The van der Waals surface area contributed by atoms with Gasteiger partial charge in [0.1, 0.15) is 12.2 Å². The normalized spacial score (nSPS) is 12.0. The van der Waals surface area contributed by atoms with Crippen molar-refractivity contribution in [3.8, 4) is 0 Å². The molecule has 1 amide bonds. The average molecular weight is 414 g/mol. The van der Waals surface area contributed by atoms with Gasteiger partial charge in [0.05, 0.1) is 10.7 Å². The maximum absolute atomic E-state index is 12.7. The Morgan fingerprint density at radius 3 is 2.44 bits per heavy atom. The molecule has 2 heterocycles. The van der Waals surface area contributed by atoms with Crippen molar-refractivity contribution in [3.05, 3.63) is 33.9 Å². The Kier molecular flexibility index (Phi) is 6.45. The van der Waals surface area contributed by atoms with Crippen LogP contribution >= 0.6 is 11.6 Å². The molecular weight excluding hydrogens is 397 g/mol. The maximum Gasteiger partial charge on any atom is 0.435 e. The molecule has 0 radical (unpaired) electrons. The highest BCUT2D eigenvalue weighted by Gasteiger charge is 2.34. The van der Waals surface area contributed by atoms with E-state index in [1.54, 1.807) is 0 Å². The van der Waals surface area contributed by atoms with Crippen molar-refractivity contribution in [3.63, 3.8) is 0 Å². The average Bonchev–Trinajstić information content (AvgIpc) is 3.06. The number of alkyl halides is 5. The van der Waals surface area contributed by atoms with Crippen molar-refractivity contribution >= 4 is 17.5 Å². The highest BCUT2D eigenvalue weighted by Crippen LogP contribution is 2.29. The summed E-state index contributed by atoms with van der Waals surface area (Å²) in [5, 5.41) is 9.46. The van der Waals surface area contributed by atoms with Gasteiger partial charge in [0, 0.05) is 18.8 Å². The van der Waals surface area contributed by atoms with Gasteiger partial charge in [-0.3, -0.25) is 14.2 Å². The Morgan fingerprint density at radius 2 is 1.93 bits per heavy atom. The maximum atomic E-state index is 12.7. The minimum absolute atomic E-state index is 0.176. The van der Waals surface area contributed by atoms with Crippen LogP contribution in [-0.2, 0) is 24.1 Å². The van der Waals surface area contributed by atoms with Crippen molar-refractivity contribution in [2.75, 3.05) is 6.54 Å². The van der Waals surface area contributed by atoms with E-state index in [4.69, 9.17) is 11.6 Å². The third-order valence-electron chi connectivity index (χ3n) is 3.80. The van der Waals surface area contributed by atoms with Crippen LogP contribution in [0.15, 0.2) is 6.07 Å². The van der Waals surface area contributed by atoms with Gasteiger partial charge in [0.2, 0.25) is 5.91 Å². The van der Waals surface area contributed by atoms with E-state index in [0.29, 0.717) is 12.1 Å². The lowest BCUT2D eigenvalue weighted by atomic mass is 10.3. The molecule has 6 nitrogen and oxygen atoms in total. The summed E-state index contributed by atoms with van der Waals surface area (Å²) in [6.45, 7) is 3.04. The molecule has 0 aliphatic carbocycles. The van der Waals surface area contributed by atoms with E-state index in [0.717, 1.165) is 10.7 Å². The van der Waals surface area contributed by atoms with Gasteiger partial charge >= 0.3 is 6.18 Å². The Balaban J connectivity index is 1.84. The smallest absolute Gasteiger partial charge is 0.354 e. The largest absolute Gasteiger partial charge is 0.435 e. The predicted molar refractivity (Wildman–Crippen MR) is 86.5 cm³/mol. The first-order valence-electron chi connectivity index (χ1n) is 7.90. The van der Waals surface area contributed by atoms with Crippen molar-refractivity contribution in [1.29, 1.82) is 0 Å². The Bertz CT molecular complexity index is 814. The summed E-state index contributed by atoms with van der Waals surface area (Å²) in [6.07, 6.45) is -7.02. The number of hydrogen-bond donors (Lipinski definition) is 1. The number of carbonyl (C=O) groups excluding carboxylic acids is 1. The number of nitrogens with one attached hydrogen (secondary N) is 1. The van der Waals surface area contributed by atoms with Crippen LogP contribution in [0.4, 0.5) is 22.0 Å². The molecule has 0 unspecified atom stereocenters. The van der Waals surface area contributed by atoms with Gasteiger partial charge in [-0.2, -0.15) is 23.4 Å². The van der Waals surface area contributed by atoms with Gasteiger partial charge in [-0.05, 0) is 26.3 Å². The molecule has 0 spiro atoms. The highest BCUT2D eigenvalue weighted by molar-refractivity contribution is 6.31. The van der Waals surface area contributed by atoms with E-state index in [1.807, 2.05) is 0 Å². The summed E-state index contributed by atoms with van der Waals surface area (Å²) in [7, 11) is 0. The van der Waals surface area contributed by atoms with Crippen LogP contribution < -0.4 is 5.32 Å². The van der Waals surface area contributed by atoms with Crippen LogP contribution in [0, 0.1) is 13.8 Å². The molecule has 0 bridgehead atoms. The topological polar surface area (TPSA) is 64.7 Å². The molecule has 150 valence electrons. The second-order valence-electron chi connectivity index (χ2n) is 5.84. The summed E-state index contributed by atoms with van der Waals surface area (Å²) in [6, 6.07) is 0.948. The number of carbonyl (C=O) groups is 1. The van der Waals surface area contributed by atoms with Gasteiger partial charge in [0.15, 0.2) is 5.69 Å². The second-order valence-corrected chi connectivity index (χ2v) is 6.22. The first kappa shape index (κ1) is 21.1. The zero-order valence-corrected chi connectivity index (χ0v) is 15.2. The number of aryl methyl sites for hydroxylation is 2. The minimum Gasteiger partial charge on any atom is -0.354 e. The molecule has 12 heteroatoms. The van der Waals surface area contributed by atoms with Crippen molar-refractivity contribution < 1.29 is 26.7 Å². The van der Waals surface area contributed by atoms with E-state index in [1.165, 1.54) is 18.5 Å². The molecule has 1 N–H and O–H groups in total. The van der Waals surface area contributed by atoms with Gasteiger partial charge < -0.3 is 5.32 Å². The predicted octanol–water partition coefficient (Wildman–Crippen LogP) is 3.51. The summed E-state index contributed by atoms with van der Waals surface area (Å²) in [5.41, 5.74) is -0.953. The highest BCUT2D eigenvalue weighted by atomic mass is 35.5. The van der Waals surface area contributed by atoms with E-state index in [2.05, 4.69) is 15.5 Å². The van der Waals surface area contributed by atoms with Crippen LogP contribution in [-0.4, -0.2) is 32.0 Å². The van der Waals surface area contributed by atoms with Gasteiger partial charge in [-0.25, -0.2) is 8.78 Å². The van der Waals surface area contributed by atoms with E-state index in [-0.39, 0.29) is 30.4 Å². The molecule has 2 rings (SSSR count). The van der Waals surface area contributed by atoms with Crippen molar-refractivity contribution in [1.82, 2.24) is 24.9 Å². The number of nitrogens with zero attached hydrogens (tertiary/aromatic N) is 4. The fourth-order valence-electron chi connectivity index (χ4n) is 2.36. The molecule has 0 aromatic carbocycles. The lowest BCUT2D eigenvalue weighted by Crippen LogP contribution is -2.29. The Hall–Kier alpha value is -2.17. The number of hydrogen-bond acceptors (Lipinski definition) is 3. The van der Waals surface area contributed by atoms with Crippen LogP contribution in [0.3, 0.4) is 0 Å². The molecule has 0 fully saturated rings. The Morgan fingerprint density at radius 1 is 1.26 bits per heavy atom. The van der Waals surface area contributed by atoms with E-state index >= 15 is 0 Å². The molecule has 2 aromatic heterocycles. The number of rotatable bonds is 7. The van der Waals surface area contributed by atoms with E-state index < -0.39 is 29.9 Å². The van der Waals surface area contributed by atoms with Crippen molar-refractivity contribution in [2.24, 2.45) is 0 Å². The molecule has 0 aliphatic rings. The summed E-state index contributed by atoms with van der Waals surface area (Å²) in [4.78, 5) is 11.9. The van der Waals surface area contributed by atoms with Gasteiger partial charge in [-0.15, -0.1) is 0 Å². The molecule has 0 saturated heterocycles. The Labute approximate surface area is 156 Å². The lowest BCUT2D eigenvalue weighted by Gasteiger charge is -2.08. The minimum atomic E-state index is -4.51. The molecule has 27 heavy (non-hydrogen) atoms. The lowest BCUT2D eigenvalue weighted by molar-refractivity contribution is -0.141. The first-order valence-corrected chi connectivity index (χ1v) is 8.27. The zero-order valence-electron chi connectivity index (χ0n) is 14.4. The van der Waals surface area contributed by atoms with Crippen LogP contribution in [0.5, 0.6) is 0 Å². The first-order chi connectivity index (χ1) is 12.5. The number of aromatic nitrogens is 4. The zero-order chi connectivity index (χ0) is 20.4. The standard InChI is InChI=1S/C15H17ClF5N5O/c1-8-6-10(15(19,20)21)23-25(8)5-3-4-22-11(27)7-26-9(2)12(16)13(24-26)14(17)18/h6,14H,3-5,7H2,1-2H3,(H,22,27). The van der Waals surface area contributed by atoms with Crippen molar-refractivity contribution in [2.45, 2.75) is 46.0 Å². The third-order valence-corrected chi connectivity index (χ3v) is 4.27. The molecule has 0 aliphatic heterocycles.